The molecule has 1 aliphatic rings. The van der Waals surface area contributed by atoms with Crippen molar-refractivity contribution < 1.29 is 4.79 Å². The van der Waals surface area contributed by atoms with E-state index in [1.165, 1.54) is 11.1 Å². The van der Waals surface area contributed by atoms with Gasteiger partial charge in [0, 0.05) is 12.3 Å². The molecule has 2 heteroatoms. The minimum Gasteiger partial charge on any atom is -0.345 e. The van der Waals surface area contributed by atoms with Crippen LogP contribution in [0.2, 0.25) is 0 Å². The third kappa shape index (κ3) is 2.14. The van der Waals surface area contributed by atoms with Crippen LogP contribution in [0, 0.1) is 12.3 Å². The summed E-state index contributed by atoms with van der Waals surface area (Å²) in [6.45, 7) is 0.302. The molecule has 1 amide bonds. The largest absolute Gasteiger partial charge is 0.345 e. The molecule has 80 valence electrons. The summed E-state index contributed by atoms with van der Waals surface area (Å²) in [5.74, 6) is 2.59. The molecule has 0 heterocycles. The SMILES string of the molecule is C#CCNC(=O)CC1C=Cc2ccccc21. The van der Waals surface area contributed by atoms with Crippen LogP contribution in [0.4, 0.5) is 0 Å². The summed E-state index contributed by atoms with van der Waals surface area (Å²) in [6, 6.07) is 8.13. The number of nitrogens with one attached hydrogen (secondary N) is 1. The van der Waals surface area contributed by atoms with E-state index in [0.717, 1.165) is 0 Å². The summed E-state index contributed by atoms with van der Waals surface area (Å²) in [5.41, 5.74) is 2.43. The molecule has 1 aliphatic carbocycles. The van der Waals surface area contributed by atoms with Gasteiger partial charge < -0.3 is 5.32 Å². The van der Waals surface area contributed by atoms with E-state index in [9.17, 15) is 4.79 Å². The number of carbonyl (C=O) groups excluding carboxylic acids is 1. The van der Waals surface area contributed by atoms with Gasteiger partial charge in [0.05, 0.1) is 6.54 Å². The van der Waals surface area contributed by atoms with Crippen LogP contribution in [0.1, 0.15) is 23.5 Å². The van der Waals surface area contributed by atoms with Gasteiger partial charge in [-0.15, -0.1) is 6.42 Å². The Labute approximate surface area is 95.4 Å². The molecule has 1 unspecified atom stereocenters. The highest BCUT2D eigenvalue weighted by Gasteiger charge is 2.19. The number of benzene rings is 1. The molecule has 0 saturated heterocycles. The number of carbonyl (C=O) groups is 1. The number of allylic oxidation sites excluding steroid dienone is 1. The van der Waals surface area contributed by atoms with Crippen molar-refractivity contribution in [1.29, 1.82) is 0 Å². The molecule has 2 nitrogen and oxygen atoms in total. The highest BCUT2D eigenvalue weighted by Crippen LogP contribution is 2.31. The second kappa shape index (κ2) is 4.67. The van der Waals surface area contributed by atoms with E-state index in [4.69, 9.17) is 6.42 Å². The van der Waals surface area contributed by atoms with Crippen molar-refractivity contribution in [3.05, 3.63) is 41.5 Å². The second-order valence-corrected chi connectivity index (χ2v) is 3.78. The Bertz CT molecular complexity index is 468. The van der Waals surface area contributed by atoms with E-state index in [0.29, 0.717) is 13.0 Å². The van der Waals surface area contributed by atoms with Crippen LogP contribution in [0.3, 0.4) is 0 Å². The molecule has 16 heavy (non-hydrogen) atoms. The van der Waals surface area contributed by atoms with E-state index in [-0.39, 0.29) is 11.8 Å². The third-order valence-electron chi connectivity index (χ3n) is 2.70. The van der Waals surface area contributed by atoms with Gasteiger partial charge in [0.2, 0.25) is 5.91 Å². The fourth-order valence-corrected chi connectivity index (χ4v) is 1.92. The van der Waals surface area contributed by atoms with Crippen LogP contribution >= 0.6 is 0 Å². The van der Waals surface area contributed by atoms with E-state index < -0.39 is 0 Å². The Morgan fingerprint density at radius 2 is 2.25 bits per heavy atom. The number of hydrogen-bond donors (Lipinski definition) is 1. The lowest BCUT2D eigenvalue weighted by Crippen LogP contribution is -2.24. The number of hydrogen-bond acceptors (Lipinski definition) is 1. The van der Waals surface area contributed by atoms with Gasteiger partial charge in [-0.1, -0.05) is 42.3 Å². The number of amides is 1. The maximum Gasteiger partial charge on any atom is 0.221 e. The molecule has 1 atom stereocenters. The lowest BCUT2D eigenvalue weighted by Gasteiger charge is -2.09. The summed E-state index contributed by atoms with van der Waals surface area (Å²) in [6.07, 6.45) is 9.68. The molecule has 0 bridgehead atoms. The Hall–Kier alpha value is -2.01. The normalized spacial score (nSPS) is 16.6. The Kier molecular flexibility index (Phi) is 3.07. The average molecular weight is 211 g/mol. The number of terminal acetylenes is 1. The van der Waals surface area contributed by atoms with Crippen molar-refractivity contribution in [1.82, 2.24) is 5.32 Å². The standard InChI is InChI=1S/C14H13NO/c1-2-9-15-14(16)10-12-8-7-11-5-3-4-6-13(11)12/h1,3-8,12H,9-10H2,(H,15,16). The van der Waals surface area contributed by atoms with Gasteiger partial charge in [-0.05, 0) is 11.1 Å². The van der Waals surface area contributed by atoms with Gasteiger partial charge in [0.15, 0.2) is 0 Å². The van der Waals surface area contributed by atoms with E-state index in [1.807, 2.05) is 12.1 Å². The Morgan fingerprint density at radius 3 is 3.06 bits per heavy atom. The molecule has 0 aliphatic heterocycles. The summed E-state index contributed by atoms with van der Waals surface area (Å²) in [4.78, 5) is 11.5. The smallest absolute Gasteiger partial charge is 0.221 e. The zero-order valence-corrected chi connectivity index (χ0v) is 8.94. The topological polar surface area (TPSA) is 29.1 Å². The molecule has 2 rings (SSSR count). The number of fused-ring (bicyclic) bond motifs is 1. The first-order valence-corrected chi connectivity index (χ1v) is 5.28. The predicted molar refractivity (Wildman–Crippen MR) is 64.7 cm³/mol. The first-order chi connectivity index (χ1) is 7.81. The van der Waals surface area contributed by atoms with E-state index >= 15 is 0 Å². The van der Waals surface area contributed by atoms with Gasteiger partial charge in [0.1, 0.15) is 0 Å². The zero-order chi connectivity index (χ0) is 11.4. The highest BCUT2D eigenvalue weighted by atomic mass is 16.1. The predicted octanol–water partition coefficient (Wildman–Crippen LogP) is 1.94. The van der Waals surface area contributed by atoms with E-state index in [1.54, 1.807) is 0 Å². The molecule has 0 radical (unpaired) electrons. The zero-order valence-electron chi connectivity index (χ0n) is 8.94. The second-order valence-electron chi connectivity index (χ2n) is 3.78. The van der Waals surface area contributed by atoms with Crippen LogP contribution in [0.25, 0.3) is 6.08 Å². The Balaban J connectivity index is 2.01. The first-order valence-electron chi connectivity index (χ1n) is 5.28. The van der Waals surface area contributed by atoms with Crippen molar-refractivity contribution >= 4 is 12.0 Å². The number of rotatable bonds is 3. The summed E-state index contributed by atoms with van der Waals surface area (Å²) >= 11 is 0. The van der Waals surface area contributed by atoms with Crippen molar-refractivity contribution in [3.63, 3.8) is 0 Å². The highest BCUT2D eigenvalue weighted by molar-refractivity contribution is 5.79. The maximum atomic E-state index is 11.5. The third-order valence-corrected chi connectivity index (χ3v) is 2.70. The van der Waals surface area contributed by atoms with Crippen molar-refractivity contribution in [3.8, 4) is 12.3 Å². The van der Waals surface area contributed by atoms with Gasteiger partial charge >= 0.3 is 0 Å². The van der Waals surface area contributed by atoms with Crippen molar-refractivity contribution in [2.45, 2.75) is 12.3 Å². The van der Waals surface area contributed by atoms with Gasteiger partial charge in [-0.3, -0.25) is 4.79 Å². The summed E-state index contributed by atoms with van der Waals surface area (Å²) < 4.78 is 0. The van der Waals surface area contributed by atoms with Crippen LogP contribution < -0.4 is 5.32 Å². The lowest BCUT2D eigenvalue weighted by molar-refractivity contribution is -0.121. The first kappa shape index (κ1) is 10.5. The molecule has 0 spiro atoms. The fraction of sp³-hybridized carbons (Fsp3) is 0.214. The molecule has 1 N–H and O–H groups in total. The van der Waals surface area contributed by atoms with Crippen molar-refractivity contribution in [2.24, 2.45) is 0 Å². The fourth-order valence-electron chi connectivity index (χ4n) is 1.92. The molecular weight excluding hydrogens is 198 g/mol. The van der Waals surface area contributed by atoms with Crippen LogP contribution in [-0.4, -0.2) is 12.5 Å². The molecule has 1 aromatic rings. The van der Waals surface area contributed by atoms with Crippen LogP contribution in [0.5, 0.6) is 0 Å². The lowest BCUT2D eigenvalue weighted by atomic mass is 9.97. The minimum atomic E-state index is 0.00398. The van der Waals surface area contributed by atoms with E-state index in [2.05, 4.69) is 35.5 Å². The molecule has 0 aromatic heterocycles. The molecule has 0 fully saturated rings. The average Bonchev–Trinajstić information content (AvgIpc) is 2.70. The molecular formula is C14H13NO. The maximum absolute atomic E-state index is 11.5. The quantitative estimate of drug-likeness (QED) is 0.760. The van der Waals surface area contributed by atoms with Crippen LogP contribution in [-0.2, 0) is 4.79 Å². The van der Waals surface area contributed by atoms with Gasteiger partial charge in [-0.2, -0.15) is 0 Å². The monoisotopic (exact) mass is 211 g/mol. The van der Waals surface area contributed by atoms with Gasteiger partial charge in [-0.25, -0.2) is 0 Å². The summed E-state index contributed by atoms with van der Waals surface area (Å²) in [7, 11) is 0. The van der Waals surface area contributed by atoms with Crippen LogP contribution in [0.15, 0.2) is 30.3 Å². The summed E-state index contributed by atoms with van der Waals surface area (Å²) in [5, 5.41) is 2.68. The Morgan fingerprint density at radius 1 is 1.44 bits per heavy atom. The molecule has 0 saturated carbocycles. The van der Waals surface area contributed by atoms with Gasteiger partial charge in [0.25, 0.3) is 0 Å². The van der Waals surface area contributed by atoms with Crippen molar-refractivity contribution in [2.75, 3.05) is 6.54 Å². The minimum absolute atomic E-state index is 0.00398. The molecule has 1 aromatic carbocycles.